The van der Waals surface area contributed by atoms with Crippen molar-refractivity contribution in [2.75, 3.05) is 0 Å². The van der Waals surface area contributed by atoms with Crippen molar-refractivity contribution in [1.29, 1.82) is 0 Å². The molecule has 0 aliphatic heterocycles. The van der Waals surface area contributed by atoms with Crippen molar-refractivity contribution in [2.24, 2.45) is 0 Å². The highest BCUT2D eigenvalue weighted by atomic mass is 16.2. The Balaban J connectivity index is 1.64. The third-order valence-electron chi connectivity index (χ3n) is 4.43. The van der Waals surface area contributed by atoms with Gasteiger partial charge in [0.05, 0.1) is 11.7 Å². The maximum absolute atomic E-state index is 12.7. The molecule has 0 bridgehead atoms. The Labute approximate surface area is 148 Å². The topological polar surface area (TPSA) is 46.9 Å². The highest BCUT2D eigenvalue weighted by molar-refractivity contribution is 5.87. The van der Waals surface area contributed by atoms with Gasteiger partial charge in [-0.1, -0.05) is 54.6 Å². The summed E-state index contributed by atoms with van der Waals surface area (Å²) in [6, 6.07) is 18.1. The van der Waals surface area contributed by atoms with Crippen LogP contribution in [-0.4, -0.2) is 15.5 Å². The predicted molar refractivity (Wildman–Crippen MR) is 99.1 cm³/mol. The number of hydrogen-bond donors (Lipinski definition) is 1. The van der Waals surface area contributed by atoms with E-state index in [0.29, 0.717) is 6.54 Å². The first kappa shape index (κ1) is 17.0. The summed E-state index contributed by atoms with van der Waals surface area (Å²) in [5.41, 5.74) is 2.73. The molecule has 3 aromatic rings. The maximum Gasteiger partial charge on any atom is 0.230 e. The van der Waals surface area contributed by atoms with Crippen LogP contribution >= 0.6 is 0 Å². The Morgan fingerprint density at radius 2 is 1.84 bits per heavy atom. The number of benzene rings is 2. The average Bonchev–Trinajstić information content (AvgIpc) is 3.13. The smallest absolute Gasteiger partial charge is 0.230 e. The number of nitrogens with one attached hydrogen (secondary N) is 1. The van der Waals surface area contributed by atoms with Crippen LogP contribution in [0.15, 0.2) is 73.3 Å². The van der Waals surface area contributed by atoms with Crippen molar-refractivity contribution in [3.63, 3.8) is 0 Å². The van der Waals surface area contributed by atoms with E-state index in [1.165, 1.54) is 5.56 Å². The van der Waals surface area contributed by atoms with Crippen molar-refractivity contribution in [3.8, 4) is 0 Å². The second-order valence-electron chi connectivity index (χ2n) is 6.73. The summed E-state index contributed by atoms with van der Waals surface area (Å²) in [7, 11) is 0. The van der Waals surface area contributed by atoms with Crippen LogP contribution in [0, 0.1) is 0 Å². The van der Waals surface area contributed by atoms with E-state index in [1.807, 2.05) is 67.1 Å². The average molecular weight is 333 g/mol. The molecule has 1 N–H and O–H groups in total. The number of imidazole rings is 1. The SMILES string of the molecule is CC(C)(C(=O)NCc1cccc(Cn2ccnc2)c1)c1ccccc1. The Hall–Kier alpha value is -2.88. The summed E-state index contributed by atoms with van der Waals surface area (Å²) in [6.07, 6.45) is 5.52. The number of nitrogens with zero attached hydrogens (tertiary/aromatic N) is 2. The number of carbonyl (C=O) groups is 1. The molecule has 3 rings (SSSR count). The van der Waals surface area contributed by atoms with Gasteiger partial charge in [0.25, 0.3) is 0 Å². The molecule has 4 heteroatoms. The van der Waals surface area contributed by atoms with E-state index in [0.717, 1.165) is 17.7 Å². The molecule has 0 radical (unpaired) electrons. The summed E-state index contributed by atoms with van der Waals surface area (Å²) in [5.74, 6) is 0.0266. The van der Waals surface area contributed by atoms with Crippen molar-refractivity contribution in [3.05, 3.63) is 90.0 Å². The van der Waals surface area contributed by atoms with E-state index < -0.39 is 5.41 Å². The summed E-state index contributed by atoms with van der Waals surface area (Å²) in [4.78, 5) is 16.7. The molecule has 128 valence electrons. The molecule has 0 saturated heterocycles. The molecule has 0 saturated carbocycles. The minimum atomic E-state index is -0.560. The quantitative estimate of drug-likeness (QED) is 0.750. The van der Waals surface area contributed by atoms with Crippen LogP contribution in [0.5, 0.6) is 0 Å². The van der Waals surface area contributed by atoms with Crippen LogP contribution in [0.4, 0.5) is 0 Å². The molecule has 0 spiro atoms. The lowest BCUT2D eigenvalue weighted by molar-refractivity contribution is -0.125. The molecule has 0 aliphatic rings. The van der Waals surface area contributed by atoms with Crippen molar-refractivity contribution < 1.29 is 4.79 Å². The molecule has 4 nitrogen and oxygen atoms in total. The monoisotopic (exact) mass is 333 g/mol. The molecular weight excluding hydrogens is 310 g/mol. The Bertz CT molecular complexity index is 823. The zero-order chi connectivity index (χ0) is 17.7. The normalized spacial score (nSPS) is 11.3. The van der Waals surface area contributed by atoms with E-state index in [4.69, 9.17) is 0 Å². The van der Waals surface area contributed by atoms with Crippen LogP contribution in [0.2, 0.25) is 0 Å². The fourth-order valence-electron chi connectivity index (χ4n) is 2.82. The number of aromatic nitrogens is 2. The Morgan fingerprint density at radius 1 is 1.08 bits per heavy atom. The van der Waals surface area contributed by atoms with Crippen molar-refractivity contribution >= 4 is 5.91 Å². The fourth-order valence-corrected chi connectivity index (χ4v) is 2.82. The van der Waals surface area contributed by atoms with E-state index in [2.05, 4.69) is 22.4 Å². The van der Waals surface area contributed by atoms with Crippen LogP contribution in [-0.2, 0) is 23.3 Å². The second kappa shape index (κ2) is 7.34. The van der Waals surface area contributed by atoms with Gasteiger partial charge in [0, 0.05) is 25.5 Å². The van der Waals surface area contributed by atoms with Gasteiger partial charge in [-0.05, 0) is 30.5 Å². The maximum atomic E-state index is 12.7. The summed E-state index contributed by atoms with van der Waals surface area (Å²) in [5, 5.41) is 3.07. The molecule has 1 amide bonds. The summed E-state index contributed by atoms with van der Waals surface area (Å²) < 4.78 is 2.02. The highest BCUT2D eigenvalue weighted by Crippen LogP contribution is 2.23. The van der Waals surface area contributed by atoms with Crippen molar-refractivity contribution in [2.45, 2.75) is 32.4 Å². The Kier molecular flexibility index (Phi) is 4.98. The van der Waals surface area contributed by atoms with Gasteiger partial charge in [-0.2, -0.15) is 0 Å². The number of carbonyl (C=O) groups excluding carboxylic acids is 1. The van der Waals surface area contributed by atoms with E-state index >= 15 is 0 Å². The Morgan fingerprint density at radius 3 is 2.56 bits per heavy atom. The molecule has 1 heterocycles. The van der Waals surface area contributed by atoms with E-state index in [1.54, 1.807) is 12.5 Å². The largest absolute Gasteiger partial charge is 0.351 e. The number of rotatable bonds is 6. The zero-order valence-electron chi connectivity index (χ0n) is 14.6. The third-order valence-corrected chi connectivity index (χ3v) is 4.43. The molecule has 0 unspecified atom stereocenters. The minimum absolute atomic E-state index is 0.0266. The number of hydrogen-bond acceptors (Lipinski definition) is 2. The van der Waals surface area contributed by atoms with Crippen molar-refractivity contribution in [1.82, 2.24) is 14.9 Å². The van der Waals surface area contributed by atoms with Crippen LogP contribution in [0.1, 0.15) is 30.5 Å². The lowest BCUT2D eigenvalue weighted by Gasteiger charge is -2.24. The summed E-state index contributed by atoms with van der Waals surface area (Å²) in [6.45, 7) is 5.20. The fraction of sp³-hybridized carbons (Fsp3) is 0.238. The van der Waals surface area contributed by atoms with Crippen LogP contribution < -0.4 is 5.32 Å². The predicted octanol–water partition coefficient (Wildman–Crippen LogP) is 3.53. The van der Waals surface area contributed by atoms with Gasteiger partial charge < -0.3 is 9.88 Å². The molecule has 1 aromatic heterocycles. The van der Waals surface area contributed by atoms with Crippen LogP contribution in [0.25, 0.3) is 0 Å². The van der Waals surface area contributed by atoms with Gasteiger partial charge in [-0.3, -0.25) is 4.79 Å². The van der Waals surface area contributed by atoms with Crippen LogP contribution in [0.3, 0.4) is 0 Å². The standard InChI is InChI=1S/C21H23N3O/c1-21(2,19-9-4-3-5-10-19)20(25)23-14-17-7-6-8-18(13-17)15-24-12-11-22-16-24/h3-13,16H,14-15H2,1-2H3,(H,23,25). The van der Waals surface area contributed by atoms with Gasteiger partial charge in [0.1, 0.15) is 0 Å². The molecule has 2 aromatic carbocycles. The summed E-state index contributed by atoms with van der Waals surface area (Å²) >= 11 is 0. The molecule has 0 atom stereocenters. The first-order chi connectivity index (χ1) is 12.1. The lowest BCUT2D eigenvalue weighted by atomic mass is 9.84. The number of amides is 1. The van der Waals surface area contributed by atoms with Gasteiger partial charge in [0.2, 0.25) is 5.91 Å². The van der Waals surface area contributed by atoms with Gasteiger partial charge in [-0.15, -0.1) is 0 Å². The third kappa shape index (κ3) is 4.15. The molecular formula is C21H23N3O. The lowest BCUT2D eigenvalue weighted by Crippen LogP contribution is -2.39. The molecule has 0 aliphatic carbocycles. The first-order valence-corrected chi connectivity index (χ1v) is 8.43. The van der Waals surface area contributed by atoms with Gasteiger partial charge >= 0.3 is 0 Å². The van der Waals surface area contributed by atoms with Gasteiger partial charge in [-0.25, -0.2) is 4.98 Å². The van der Waals surface area contributed by atoms with E-state index in [9.17, 15) is 4.79 Å². The highest BCUT2D eigenvalue weighted by Gasteiger charge is 2.29. The second-order valence-corrected chi connectivity index (χ2v) is 6.73. The van der Waals surface area contributed by atoms with E-state index in [-0.39, 0.29) is 5.91 Å². The zero-order valence-corrected chi connectivity index (χ0v) is 14.6. The van der Waals surface area contributed by atoms with Gasteiger partial charge in [0.15, 0.2) is 0 Å². The molecule has 25 heavy (non-hydrogen) atoms. The minimum Gasteiger partial charge on any atom is -0.351 e. The first-order valence-electron chi connectivity index (χ1n) is 8.43. The molecule has 0 fully saturated rings.